The molecule has 1 N–H and O–H groups in total. The van der Waals surface area contributed by atoms with E-state index in [1.807, 2.05) is 0 Å². The van der Waals surface area contributed by atoms with Crippen LogP contribution >= 0.6 is 23.4 Å². The molecule has 1 unspecified atom stereocenters. The van der Waals surface area contributed by atoms with Gasteiger partial charge in [0, 0.05) is 24.2 Å². The molecule has 1 amide bonds. The summed E-state index contributed by atoms with van der Waals surface area (Å²) in [6, 6.07) is 6.15. The van der Waals surface area contributed by atoms with Gasteiger partial charge in [-0.05, 0) is 31.2 Å². The summed E-state index contributed by atoms with van der Waals surface area (Å²) in [6.45, 7) is 0.266. The Morgan fingerprint density at radius 2 is 1.97 bits per heavy atom. The molecule has 152 valence electrons. The Balaban J connectivity index is 1.81. The third kappa shape index (κ3) is 5.67. The number of nitrogens with zero attached hydrogens (tertiary/aromatic N) is 5. The monoisotopic (exact) mass is 442 g/mol. The summed E-state index contributed by atoms with van der Waals surface area (Å²) < 4.78 is 40.3. The lowest BCUT2D eigenvalue weighted by atomic mass is 10.2. The Morgan fingerprint density at radius 3 is 2.59 bits per heavy atom. The molecular formula is C17H14ClF3N6OS. The number of thioether (sulfide) groups is 1. The van der Waals surface area contributed by atoms with Crippen LogP contribution in [0.25, 0.3) is 11.4 Å². The molecule has 12 heteroatoms. The number of aromatic nitrogens is 5. The van der Waals surface area contributed by atoms with Crippen molar-refractivity contribution >= 4 is 35.1 Å². The Morgan fingerprint density at radius 1 is 1.24 bits per heavy atom. The largest absolute Gasteiger partial charge is 0.406 e. The summed E-state index contributed by atoms with van der Waals surface area (Å²) in [7, 11) is 0. The van der Waals surface area contributed by atoms with Crippen molar-refractivity contribution in [2.24, 2.45) is 0 Å². The van der Waals surface area contributed by atoms with E-state index in [2.05, 4.69) is 25.5 Å². The first-order chi connectivity index (χ1) is 13.7. The van der Waals surface area contributed by atoms with Crippen LogP contribution in [0.4, 0.5) is 19.0 Å². The van der Waals surface area contributed by atoms with Crippen LogP contribution in [0.5, 0.6) is 0 Å². The maximum absolute atomic E-state index is 13.1. The second-order valence-electron chi connectivity index (χ2n) is 5.85. The van der Waals surface area contributed by atoms with E-state index in [-0.39, 0.29) is 16.8 Å². The van der Waals surface area contributed by atoms with Crippen LogP contribution < -0.4 is 5.32 Å². The molecule has 3 aromatic rings. The molecule has 0 aromatic carbocycles. The van der Waals surface area contributed by atoms with Gasteiger partial charge in [-0.1, -0.05) is 23.4 Å². The second-order valence-corrected chi connectivity index (χ2v) is 7.60. The SMILES string of the molecule is CC(Sc1nnc(-c2ccncc2)n1CC(F)(F)F)C(=O)Nc1ccc(Cl)cn1. The van der Waals surface area contributed by atoms with Crippen molar-refractivity contribution in [3.63, 3.8) is 0 Å². The summed E-state index contributed by atoms with van der Waals surface area (Å²) in [4.78, 5) is 20.2. The lowest BCUT2D eigenvalue weighted by Gasteiger charge is -2.15. The van der Waals surface area contributed by atoms with Crippen LogP contribution in [0, 0.1) is 0 Å². The first-order valence-electron chi connectivity index (χ1n) is 8.22. The quantitative estimate of drug-likeness (QED) is 0.579. The van der Waals surface area contributed by atoms with Gasteiger partial charge in [0.1, 0.15) is 12.4 Å². The number of carbonyl (C=O) groups is 1. The fourth-order valence-corrected chi connectivity index (χ4v) is 3.26. The second kappa shape index (κ2) is 8.78. The Kier molecular flexibility index (Phi) is 6.38. The summed E-state index contributed by atoms with van der Waals surface area (Å²) in [5, 5.41) is 9.95. The van der Waals surface area contributed by atoms with Crippen molar-refractivity contribution in [3.8, 4) is 11.4 Å². The minimum Gasteiger partial charge on any atom is -0.310 e. The van der Waals surface area contributed by atoms with Crippen molar-refractivity contribution in [3.05, 3.63) is 47.9 Å². The van der Waals surface area contributed by atoms with E-state index in [4.69, 9.17) is 11.6 Å². The molecule has 0 saturated carbocycles. The average Bonchev–Trinajstić information content (AvgIpc) is 3.04. The zero-order valence-corrected chi connectivity index (χ0v) is 16.5. The number of nitrogens with one attached hydrogen (secondary N) is 1. The van der Waals surface area contributed by atoms with Crippen molar-refractivity contribution in [1.29, 1.82) is 0 Å². The predicted octanol–water partition coefficient (Wildman–Crippen LogP) is 4.07. The average molecular weight is 443 g/mol. The summed E-state index contributed by atoms with van der Waals surface area (Å²) >= 11 is 6.61. The summed E-state index contributed by atoms with van der Waals surface area (Å²) in [5.41, 5.74) is 0.436. The van der Waals surface area contributed by atoms with Crippen molar-refractivity contribution < 1.29 is 18.0 Å². The molecule has 0 radical (unpaired) electrons. The lowest BCUT2D eigenvalue weighted by molar-refractivity contribution is -0.141. The van der Waals surface area contributed by atoms with E-state index < -0.39 is 23.9 Å². The third-order valence-corrected chi connectivity index (χ3v) is 4.93. The number of alkyl halides is 3. The molecule has 0 saturated heterocycles. The standard InChI is InChI=1S/C17H14ClF3N6OS/c1-10(15(28)24-13-3-2-12(18)8-23-13)29-16-26-25-14(11-4-6-22-7-5-11)27(16)9-17(19,20)21/h2-8,10H,9H2,1H3,(H,23,24,28). The molecule has 0 aliphatic rings. The Bertz CT molecular complexity index is 981. The van der Waals surface area contributed by atoms with Gasteiger partial charge in [-0.15, -0.1) is 10.2 Å². The Labute approximate surface area is 172 Å². The molecule has 0 bridgehead atoms. The third-order valence-electron chi connectivity index (χ3n) is 3.62. The molecule has 3 rings (SSSR count). The minimum atomic E-state index is -4.49. The van der Waals surface area contributed by atoms with Gasteiger partial charge in [0.25, 0.3) is 0 Å². The molecule has 3 heterocycles. The van der Waals surface area contributed by atoms with Crippen molar-refractivity contribution in [1.82, 2.24) is 24.7 Å². The van der Waals surface area contributed by atoms with Crippen molar-refractivity contribution in [2.75, 3.05) is 5.32 Å². The number of carbonyl (C=O) groups excluding carboxylic acids is 1. The van der Waals surface area contributed by atoms with Gasteiger partial charge >= 0.3 is 6.18 Å². The van der Waals surface area contributed by atoms with Crippen LogP contribution in [-0.2, 0) is 11.3 Å². The van der Waals surface area contributed by atoms with E-state index in [0.717, 1.165) is 16.3 Å². The van der Waals surface area contributed by atoms with E-state index >= 15 is 0 Å². The van der Waals surface area contributed by atoms with Gasteiger partial charge in [-0.2, -0.15) is 13.2 Å². The fraction of sp³-hybridized carbons (Fsp3) is 0.235. The number of hydrogen-bond acceptors (Lipinski definition) is 6. The van der Waals surface area contributed by atoms with Crippen LogP contribution in [0.3, 0.4) is 0 Å². The highest BCUT2D eigenvalue weighted by atomic mass is 35.5. The number of halogens is 4. The van der Waals surface area contributed by atoms with Gasteiger partial charge in [0.05, 0.1) is 10.3 Å². The van der Waals surface area contributed by atoms with Gasteiger partial charge in [-0.3, -0.25) is 14.3 Å². The van der Waals surface area contributed by atoms with Crippen LogP contribution in [0.2, 0.25) is 5.02 Å². The van der Waals surface area contributed by atoms with Gasteiger partial charge in [0.15, 0.2) is 11.0 Å². The first kappa shape index (κ1) is 21.1. The lowest BCUT2D eigenvalue weighted by Crippen LogP contribution is -2.24. The maximum atomic E-state index is 13.1. The number of rotatable bonds is 6. The van der Waals surface area contributed by atoms with Gasteiger partial charge in [0.2, 0.25) is 5.91 Å². The normalized spacial score (nSPS) is 12.6. The van der Waals surface area contributed by atoms with E-state index in [1.54, 1.807) is 13.0 Å². The molecule has 29 heavy (non-hydrogen) atoms. The van der Waals surface area contributed by atoms with Gasteiger partial charge in [-0.25, -0.2) is 4.98 Å². The van der Waals surface area contributed by atoms with Gasteiger partial charge < -0.3 is 5.32 Å². The van der Waals surface area contributed by atoms with Crippen LogP contribution in [-0.4, -0.2) is 42.1 Å². The Hall–Kier alpha value is -2.66. The highest BCUT2D eigenvalue weighted by Crippen LogP contribution is 2.30. The molecule has 0 fully saturated rings. The molecule has 7 nitrogen and oxygen atoms in total. The predicted molar refractivity (Wildman–Crippen MR) is 103 cm³/mol. The molecule has 1 atom stereocenters. The smallest absolute Gasteiger partial charge is 0.310 e. The number of amides is 1. The molecule has 0 aliphatic heterocycles. The number of hydrogen-bond donors (Lipinski definition) is 1. The highest BCUT2D eigenvalue weighted by Gasteiger charge is 2.32. The molecule has 0 aliphatic carbocycles. The summed E-state index contributed by atoms with van der Waals surface area (Å²) in [6.07, 6.45) is -0.220. The fourth-order valence-electron chi connectivity index (χ4n) is 2.30. The maximum Gasteiger partial charge on any atom is 0.406 e. The molecule has 0 spiro atoms. The molecular weight excluding hydrogens is 429 g/mol. The van der Waals surface area contributed by atoms with E-state index in [0.29, 0.717) is 10.6 Å². The topological polar surface area (TPSA) is 85.6 Å². The zero-order valence-electron chi connectivity index (χ0n) is 14.9. The summed E-state index contributed by atoms with van der Waals surface area (Å²) in [5.74, 6) is -0.128. The first-order valence-corrected chi connectivity index (χ1v) is 9.48. The molecule has 3 aromatic heterocycles. The minimum absolute atomic E-state index is 0.0270. The number of pyridine rings is 2. The van der Waals surface area contributed by atoms with E-state index in [9.17, 15) is 18.0 Å². The van der Waals surface area contributed by atoms with Crippen LogP contribution in [0.1, 0.15) is 6.92 Å². The van der Waals surface area contributed by atoms with Crippen molar-refractivity contribution in [2.45, 2.75) is 30.1 Å². The number of anilines is 1. The highest BCUT2D eigenvalue weighted by molar-refractivity contribution is 8.00. The zero-order chi connectivity index (χ0) is 21.0. The van der Waals surface area contributed by atoms with E-state index in [1.165, 1.54) is 36.8 Å². The van der Waals surface area contributed by atoms with Crippen LogP contribution in [0.15, 0.2) is 48.0 Å².